The summed E-state index contributed by atoms with van der Waals surface area (Å²) in [6.45, 7) is 2.80. The van der Waals surface area contributed by atoms with Crippen LogP contribution >= 0.6 is 0 Å². The molecule has 1 saturated heterocycles. The lowest BCUT2D eigenvalue weighted by Gasteiger charge is -2.52. The van der Waals surface area contributed by atoms with Crippen molar-refractivity contribution >= 4 is 5.91 Å². The first kappa shape index (κ1) is 13.5. The van der Waals surface area contributed by atoms with Crippen LogP contribution in [-0.2, 0) is 11.2 Å². The largest absolute Gasteiger partial charge is 0.376 e. The van der Waals surface area contributed by atoms with Crippen molar-refractivity contribution in [3.63, 3.8) is 0 Å². The normalized spacial score (nSPS) is 32.3. The zero-order valence-electron chi connectivity index (χ0n) is 11.6. The van der Waals surface area contributed by atoms with Crippen LogP contribution in [0.15, 0.2) is 0 Å². The topological polar surface area (TPSA) is 106 Å². The maximum Gasteiger partial charge on any atom is 0.291 e. The molecule has 3 rings (SSSR count). The summed E-state index contributed by atoms with van der Waals surface area (Å²) in [7, 11) is 0. The lowest BCUT2D eigenvalue weighted by molar-refractivity contribution is -0.117. The van der Waals surface area contributed by atoms with Crippen molar-refractivity contribution in [3.05, 3.63) is 11.6 Å². The van der Waals surface area contributed by atoms with Gasteiger partial charge in [-0.05, 0) is 19.3 Å². The summed E-state index contributed by atoms with van der Waals surface area (Å²) in [5.74, 6) is 1.01. The number of nitrogens with one attached hydrogen (secondary N) is 2. The molecular weight excluding hydrogens is 258 g/mol. The molecule has 1 amide bonds. The molecule has 1 aromatic rings. The number of hydrogen-bond donors (Lipinski definition) is 3. The minimum absolute atomic E-state index is 0.0293. The summed E-state index contributed by atoms with van der Waals surface area (Å²) >= 11 is 0. The average Bonchev–Trinajstić information content (AvgIpc) is 2.93. The van der Waals surface area contributed by atoms with Gasteiger partial charge < -0.3 is 15.8 Å². The fourth-order valence-electron chi connectivity index (χ4n) is 3.09. The van der Waals surface area contributed by atoms with Crippen molar-refractivity contribution in [1.82, 2.24) is 20.5 Å². The van der Waals surface area contributed by atoms with Crippen molar-refractivity contribution in [2.45, 2.75) is 50.8 Å². The Kier molecular flexibility index (Phi) is 3.71. The Morgan fingerprint density at radius 2 is 2.45 bits per heavy atom. The number of nitrogens with two attached hydrogens (primary N) is 1. The van der Waals surface area contributed by atoms with Gasteiger partial charge in [-0.3, -0.25) is 9.89 Å². The molecule has 4 atom stereocenters. The summed E-state index contributed by atoms with van der Waals surface area (Å²) in [6.07, 6.45) is 3.94. The predicted octanol–water partition coefficient (Wildman–Crippen LogP) is -0.00830. The van der Waals surface area contributed by atoms with Crippen LogP contribution in [0, 0.1) is 5.92 Å². The minimum atomic E-state index is -0.281. The first-order chi connectivity index (χ1) is 9.70. The van der Waals surface area contributed by atoms with E-state index in [0.717, 1.165) is 38.1 Å². The van der Waals surface area contributed by atoms with Gasteiger partial charge in [0, 0.05) is 25.0 Å². The molecule has 1 saturated carbocycles. The highest BCUT2D eigenvalue weighted by atomic mass is 16.5. The van der Waals surface area contributed by atoms with Gasteiger partial charge in [0.05, 0.1) is 12.1 Å². The van der Waals surface area contributed by atoms with Gasteiger partial charge in [-0.15, -0.1) is 5.10 Å². The number of ether oxygens (including phenoxy) is 1. The van der Waals surface area contributed by atoms with Crippen LogP contribution in [0.25, 0.3) is 0 Å². The van der Waals surface area contributed by atoms with Crippen molar-refractivity contribution in [2.75, 3.05) is 6.61 Å². The van der Waals surface area contributed by atoms with Crippen molar-refractivity contribution in [3.8, 4) is 0 Å². The number of aryl methyl sites for hydroxylation is 1. The number of fused-ring (bicyclic) bond motifs is 1. The highest BCUT2D eigenvalue weighted by molar-refractivity contribution is 5.90. The Hall–Kier alpha value is -1.47. The second-order valence-electron chi connectivity index (χ2n) is 5.57. The van der Waals surface area contributed by atoms with E-state index in [1.54, 1.807) is 0 Å². The Labute approximate surface area is 117 Å². The van der Waals surface area contributed by atoms with Crippen molar-refractivity contribution in [2.24, 2.45) is 11.7 Å². The Morgan fingerprint density at radius 3 is 3.25 bits per heavy atom. The first-order valence-electron chi connectivity index (χ1n) is 7.30. The number of carbonyl (C=O) groups excluding carboxylic acids is 1. The predicted molar refractivity (Wildman–Crippen MR) is 72.1 cm³/mol. The van der Waals surface area contributed by atoms with Crippen LogP contribution in [0.1, 0.15) is 42.6 Å². The van der Waals surface area contributed by atoms with Crippen LogP contribution in [0.3, 0.4) is 0 Å². The number of rotatable bonds is 4. The van der Waals surface area contributed by atoms with Gasteiger partial charge in [0.15, 0.2) is 0 Å². The van der Waals surface area contributed by atoms with E-state index in [4.69, 9.17) is 10.5 Å². The molecule has 110 valence electrons. The molecule has 0 radical (unpaired) electrons. The SMILES string of the molecule is CCCc1nc(C(=O)NC2C(N)C3CCCOC32)n[nH]1. The number of H-pyrrole nitrogens is 1. The fraction of sp³-hybridized carbons (Fsp3) is 0.769. The third-order valence-electron chi connectivity index (χ3n) is 4.20. The molecule has 4 N–H and O–H groups in total. The molecule has 20 heavy (non-hydrogen) atoms. The lowest BCUT2D eigenvalue weighted by atomic mass is 9.68. The van der Waals surface area contributed by atoms with Gasteiger partial charge in [-0.1, -0.05) is 6.92 Å². The van der Waals surface area contributed by atoms with Crippen molar-refractivity contribution < 1.29 is 9.53 Å². The molecule has 0 spiro atoms. The van der Waals surface area contributed by atoms with Crippen LogP contribution in [-0.4, -0.2) is 45.9 Å². The van der Waals surface area contributed by atoms with E-state index in [1.807, 2.05) is 0 Å². The highest BCUT2D eigenvalue weighted by Gasteiger charge is 2.51. The van der Waals surface area contributed by atoms with E-state index in [-0.39, 0.29) is 29.9 Å². The summed E-state index contributed by atoms with van der Waals surface area (Å²) in [4.78, 5) is 16.3. The monoisotopic (exact) mass is 279 g/mol. The third-order valence-corrected chi connectivity index (χ3v) is 4.20. The molecule has 7 nitrogen and oxygen atoms in total. The third kappa shape index (κ3) is 2.31. The number of amides is 1. The molecule has 1 aliphatic carbocycles. The summed E-state index contributed by atoms with van der Waals surface area (Å²) in [5, 5.41) is 9.63. The number of aromatic nitrogens is 3. The van der Waals surface area contributed by atoms with Gasteiger partial charge >= 0.3 is 0 Å². The Bertz CT molecular complexity index is 489. The minimum Gasteiger partial charge on any atom is -0.376 e. The molecule has 4 unspecified atom stereocenters. The summed E-state index contributed by atoms with van der Waals surface area (Å²) in [6, 6.07) is -0.153. The van der Waals surface area contributed by atoms with E-state index in [2.05, 4.69) is 27.4 Å². The second kappa shape index (κ2) is 5.49. The highest BCUT2D eigenvalue weighted by Crippen LogP contribution is 2.36. The zero-order valence-corrected chi connectivity index (χ0v) is 11.6. The van der Waals surface area contributed by atoms with E-state index in [0.29, 0.717) is 5.92 Å². The van der Waals surface area contributed by atoms with E-state index in [9.17, 15) is 4.79 Å². The fourth-order valence-corrected chi connectivity index (χ4v) is 3.09. The van der Waals surface area contributed by atoms with Gasteiger partial charge in [0.2, 0.25) is 5.82 Å². The molecule has 2 aliphatic rings. The number of aromatic amines is 1. The van der Waals surface area contributed by atoms with Crippen molar-refractivity contribution in [1.29, 1.82) is 0 Å². The molecule has 1 aromatic heterocycles. The smallest absolute Gasteiger partial charge is 0.291 e. The maximum absolute atomic E-state index is 12.1. The van der Waals surface area contributed by atoms with E-state index >= 15 is 0 Å². The number of hydrogen-bond acceptors (Lipinski definition) is 5. The molecule has 1 aliphatic heterocycles. The molecular formula is C13H21N5O2. The van der Waals surface area contributed by atoms with E-state index in [1.165, 1.54) is 0 Å². The Balaban J connectivity index is 1.61. The Morgan fingerprint density at radius 1 is 1.60 bits per heavy atom. The number of nitrogens with zero attached hydrogens (tertiary/aromatic N) is 2. The summed E-state index contributed by atoms with van der Waals surface area (Å²) in [5.41, 5.74) is 6.11. The molecule has 2 fully saturated rings. The first-order valence-corrected chi connectivity index (χ1v) is 7.30. The van der Waals surface area contributed by atoms with Crippen LogP contribution in [0.4, 0.5) is 0 Å². The standard InChI is InChI=1S/C13H21N5O2/c1-2-4-8-15-12(18-17-8)13(19)16-10-9(14)7-5-3-6-20-11(7)10/h7,9-11H,2-6,14H2,1H3,(H,16,19)(H,15,17,18). The molecule has 0 bridgehead atoms. The molecule has 2 heterocycles. The van der Waals surface area contributed by atoms with Crippen LogP contribution in [0.2, 0.25) is 0 Å². The van der Waals surface area contributed by atoms with Crippen LogP contribution in [0.5, 0.6) is 0 Å². The zero-order chi connectivity index (χ0) is 14.1. The van der Waals surface area contributed by atoms with Crippen LogP contribution < -0.4 is 11.1 Å². The molecule has 7 heteroatoms. The lowest BCUT2D eigenvalue weighted by Crippen LogP contribution is -2.72. The number of carbonyl (C=O) groups is 1. The summed E-state index contributed by atoms with van der Waals surface area (Å²) < 4.78 is 5.70. The average molecular weight is 279 g/mol. The van der Waals surface area contributed by atoms with Gasteiger partial charge in [-0.2, -0.15) is 0 Å². The van der Waals surface area contributed by atoms with Gasteiger partial charge in [0.1, 0.15) is 5.82 Å². The van der Waals surface area contributed by atoms with Gasteiger partial charge in [0.25, 0.3) is 5.91 Å². The quantitative estimate of drug-likeness (QED) is 0.719. The van der Waals surface area contributed by atoms with E-state index < -0.39 is 0 Å². The molecule has 0 aromatic carbocycles. The second-order valence-corrected chi connectivity index (χ2v) is 5.57. The maximum atomic E-state index is 12.1. The van der Waals surface area contributed by atoms with Gasteiger partial charge in [-0.25, -0.2) is 4.98 Å².